The lowest BCUT2D eigenvalue weighted by Gasteiger charge is -2.11. The van der Waals surface area contributed by atoms with E-state index in [0.29, 0.717) is 11.3 Å². The lowest BCUT2D eigenvalue weighted by molar-refractivity contribution is -0.385. The van der Waals surface area contributed by atoms with E-state index >= 15 is 0 Å². The zero-order chi connectivity index (χ0) is 18.4. The quantitative estimate of drug-likeness (QED) is 0.617. The summed E-state index contributed by atoms with van der Waals surface area (Å²) in [5.41, 5.74) is 2.24. The lowest BCUT2D eigenvalue weighted by atomic mass is 10.1. The normalized spacial score (nSPS) is 10.6. The van der Waals surface area contributed by atoms with E-state index in [1.54, 1.807) is 6.07 Å². The minimum absolute atomic E-state index is 0.0459. The number of carbonyl (C=O) groups excluding carboxylic acids is 1. The van der Waals surface area contributed by atoms with E-state index in [4.69, 9.17) is 4.74 Å². The predicted octanol–water partition coefficient (Wildman–Crippen LogP) is 2.85. The molecule has 0 bridgehead atoms. The number of rotatable bonds is 7. The second-order valence-electron chi connectivity index (χ2n) is 5.92. The molecule has 2 rings (SSSR count). The van der Waals surface area contributed by atoms with Gasteiger partial charge in [0.15, 0.2) is 5.75 Å². The van der Waals surface area contributed by atoms with E-state index in [9.17, 15) is 14.9 Å². The third-order valence-corrected chi connectivity index (χ3v) is 3.54. The van der Waals surface area contributed by atoms with Gasteiger partial charge < -0.3 is 15.0 Å². The van der Waals surface area contributed by atoms with Crippen molar-refractivity contribution in [1.29, 1.82) is 0 Å². The second-order valence-corrected chi connectivity index (χ2v) is 5.92. The van der Waals surface area contributed by atoms with Crippen LogP contribution in [-0.2, 0) is 17.8 Å². The van der Waals surface area contributed by atoms with Crippen molar-refractivity contribution >= 4 is 17.3 Å². The monoisotopic (exact) mass is 343 g/mol. The molecule has 0 fully saturated rings. The molecule has 0 saturated carbocycles. The standard InChI is InChI=1S/C18H21N3O4/c1-20(2)12-13-4-7-15(8-5-13)19-18(22)11-14-6-9-17(25-3)16(10-14)21(23)24/h4-10H,11-12H2,1-3H3,(H,19,22). The molecule has 0 unspecified atom stereocenters. The summed E-state index contributed by atoms with van der Waals surface area (Å²) in [4.78, 5) is 24.7. The van der Waals surface area contributed by atoms with E-state index in [0.717, 1.165) is 12.1 Å². The molecular formula is C18H21N3O4. The Morgan fingerprint density at radius 2 is 1.80 bits per heavy atom. The molecule has 0 aliphatic heterocycles. The minimum atomic E-state index is -0.524. The lowest BCUT2D eigenvalue weighted by Crippen LogP contribution is -2.15. The van der Waals surface area contributed by atoms with Gasteiger partial charge >= 0.3 is 5.69 Å². The highest BCUT2D eigenvalue weighted by atomic mass is 16.6. The molecule has 0 aromatic heterocycles. The minimum Gasteiger partial charge on any atom is -0.490 e. The molecule has 25 heavy (non-hydrogen) atoms. The molecular weight excluding hydrogens is 322 g/mol. The topological polar surface area (TPSA) is 84.7 Å². The van der Waals surface area contributed by atoms with Gasteiger partial charge in [0.05, 0.1) is 18.5 Å². The fourth-order valence-corrected chi connectivity index (χ4v) is 2.44. The molecule has 0 aliphatic rings. The number of ether oxygens (including phenoxy) is 1. The Bertz CT molecular complexity index is 757. The van der Waals surface area contributed by atoms with Crippen LogP contribution in [0.1, 0.15) is 11.1 Å². The van der Waals surface area contributed by atoms with Crippen LogP contribution in [-0.4, -0.2) is 36.9 Å². The summed E-state index contributed by atoms with van der Waals surface area (Å²) >= 11 is 0. The molecule has 0 atom stereocenters. The van der Waals surface area contributed by atoms with Crippen molar-refractivity contribution < 1.29 is 14.5 Å². The number of amides is 1. The molecule has 0 saturated heterocycles. The Hall–Kier alpha value is -2.93. The Balaban J connectivity index is 2.02. The Kier molecular flexibility index (Phi) is 6.08. The van der Waals surface area contributed by atoms with Crippen LogP contribution < -0.4 is 10.1 Å². The molecule has 0 radical (unpaired) electrons. The highest BCUT2D eigenvalue weighted by Gasteiger charge is 2.16. The zero-order valence-corrected chi connectivity index (χ0v) is 14.5. The number of nitro groups is 1. The molecule has 1 N–H and O–H groups in total. The van der Waals surface area contributed by atoms with Crippen LogP contribution in [0.3, 0.4) is 0 Å². The van der Waals surface area contributed by atoms with Gasteiger partial charge in [0.2, 0.25) is 5.91 Å². The van der Waals surface area contributed by atoms with Crippen LogP contribution >= 0.6 is 0 Å². The van der Waals surface area contributed by atoms with Crippen molar-refractivity contribution in [3.8, 4) is 5.75 Å². The molecule has 2 aromatic carbocycles. The summed E-state index contributed by atoms with van der Waals surface area (Å²) in [7, 11) is 5.35. The fourth-order valence-electron chi connectivity index (χ4n) is 2.44. The number of carbonyl (C=O) groups is 1. The van der Waals surface area contributed by atoms with Crippen LogP contribution in [0.15, 0.2) is 42.5 Å². The van der Waals surface area contributed by atoms with Crippen LogP contribution in [0.25, 0.3) is 0 Å². The smallest absolute Gasteiger partial charge is 0.311 e. The molecule has 0 spiro atoms. The third kappa shape index (κ3) is 5.29. The summed E-state index contributed by atoms with van der Waals surface area (Å²) in [6.07, 6.45) is 0.0459. The van der Waals surface area contributed by atoms with Gasteiger partial charge in [0.1, 0.15) is 0 Å². The van der Waals surface area contributed by atoms with E-state index in [1.807, 2.05) is 38.4 Å². The van der Waals surface area contributed by atoms with Gasteiger partial charge in [-0.3, -0.25) is 14.9 Å². The third-order valence-electron chi connectivity index (χ3n) is 3.54. The van der Waals surface area contributed by atoms with Crippen molar-refractivity contribution in [3.63, 3.8) is 0 Å². The van der Waals surface area contributed by atoms with Crippen LogP contribution in [0, 0.1) is 10.1 Å². The van der Waals surface area contributed by atoms with Gasteiger partial charge in [-0.15, -0.1) is 0 Å². The van der Waals surface area contributed by atoms with Crippen LogP contribution in [0.5, 0.6) is 5.75 Å². The number of anilines is 1. The van der Waals surface area contributed by atoms with Crippen molar-refractivity contribution in [2.45, 2.75) is 13.0 Å². The molecule has 1 amide bonds. The maximum absolute atomic E-state index is 12.2. The Labute approximate surface area is 146 Å². The molecule has 0 aliphatic carbocycles. The SMILES string of the molecule is COc1ccc(CC(=O)Nc2ccc(CN(C)C)cc2)cc1[N+](=O)[O-]. The predicted molar refractivity (Wildman–Crippen MR) is 95.8 cm³/mol. The van der Waals surface area contributed by atoms with Crippen molar-refractivity contribution in [2.75, 3.05) is 26.5 Å². The Morgan fingerprint density at radius 1 is 1.16 bits per heavy atom. The van der Waals surface area contributed by atoms with Gasteiger partial charge in [-0.05, 0) is 43.4 Å². The summed E-state index contributed by atoms with van der Waals surface area (Å²) in [6, 6.07) is 12.1. The van der Waals surface area contributed by atoms with E-state index in [1.165, 1.54) is 19.2 Å². The highest BCUT2D eigenvalue weighted by molar-refractivity contribution is 5.92. The first-order valence-corrected chi connectivity index (χ1v) is 7.74. The molecule has 132 valence electrons. The van der Waals surface area contributed by atoms with Crippen LogP contribution in [0.4, 0.5) is 11.4 Å². The number of hydrogen-bond acceptors (Lipinski definition) is 5. The maximum Gasteiger partial charge on any atom is 0.311 e. The highest BCUT2D eigenvalue weighted by Crippen LogP contribution is 2.27. The number of nitrogens with one attached hydrogen (secondary N) is 1. The summed E-state index contributed by atoms with van der Waals surface area (Å²) < 4.78 is 4.96. The van der Waals surface area contributed by atoms with E-state index in [2.05, 4.69) is 10.2 Å². The van der Waals surface area contributed by atoms with Crippen molar-refractivity contribution in [1.82, 2.24) is 4.90 Å². The molecule has 7 heteroatoms. The Morgan fingerprint density at radius 3 is 2.36 bits per heavy atom. The van der Waals surface area contributed by atoms with E-state index < -0.39 is 4.92 Å². The van der Waals surface area contributed by atoms with Gasteiger partial charge in [-0.25, -0.2) is 0 Å². The first-order valence-electron chi connectivity index (χ1n) is 7.74. The van der Waals surface area contributed by atoms with Crippen molar-refractivity contribution in [2.24, 2.45) is 0 Å². The van der Waals surface area contributed by atoms with Crippen LogP contribution in [0.2, 0.25) is 0 Å². The summed E-state index contributed by atoms with van der Waals surface area (Å²) in [5.74, 6) is -0.0644. The first-order chi connectivity index (χ1) is 11.9. The maximum atomic E-state index is 12.2. The van der Waals surface area contributed by atoms with Gasteiger partial charge in [0, 0.05) is 18.3 Å². The summed E-state index contributed by atoms with van der Waals surface area (Å²) in [6.45, 7) is 0.823. The zero-order valence-electron chi connectivity index (χ0n) is 14.5. The first kappa shape index (κ1) is 18.4. The van der Waals surface area contributed by atoms with E-state index in [-0.39, 0.29) is 23.8 Å². The van der Waals surface area contributed by atoms with Gasteiger partial charge in [0.25, 0.3) is 0 Å². The van der Waals surface area contributed by atoms with Gasteiger partial charge in [-0.1, -0.05) is 18.2 Å². The van der Waals surface area contributed by atoms with Crippen molar-refractivity contribution in [3.05, 3.63) is 63.7 Å². The number of methoxy groups -OCH3 is 1. The average Bonchev–Trinajstić information content (AvgIpc) is 2.56. The number of nitro benzene ring substituents is 1. The largest absolute Gasteiger partial charge is 0.490 e. The second kappa shape index (κ2) is 8.25. The molecule has 2 aromatic rings. The number of benzene rings is 2. The number of hydrogen-bond donors (Lipinski definition) is 1. The fraction of sp³-hybridized carbons (Fsp3) is 0.278. The molecule has 0 heterocycles. The summed E-state index contributed by atoms with van der Waals surface area (Å²) in [5, 5.41) is 13.8. The van der Waals surface area contributed by atoms with Gasteiger partial charge in [-0.2, -0.15) is 0 Å². The number of nitrogens with zero attached hydrogens (tertiary/aromatic N) is 2. The molecule has 7 nitrogen and oxygen atoms in total. The average molecular weight is 343 g/mol.